The topological polar surface area (TPSA) is 41.7 Å². The van der Waals surface area contributed by atoms with Gasteiger partial charge in [0.05, 0.1) is 6.10 Å². The molecule has 2 aliphatic heterocycles. The Morgan fingerprint density at radius 2 is 2.16 bits per heavy atom. The van der Waals surface area contributed by atoms with Gasteiger partial charge in [0.1, 0.15) is 0 Å². The summed E-state index contributed by atoms with van der Waals surface area (Å²) in [5.74, 6) is 0. The Morgan fingerprint density at radius 1 is 1.32 bits per heavy atom. The van der Waals surface area contributed by atoms with E-state index in [-0.39, 0.29) is 5.54 Å². The van der Waals surface area contributed by atoms with E-state index in [0.29, 0.717) is 6.10 Å². The normalized spacial score (nSPS) is 33.8. The number of likely N-dealkylation sites (N-methyl/N-ethyl adjacent to an activating group) is 1. The number of nitrogens with zero attached hydrogens (tertiary/aromatic N) is 2. The molecule has 2 fully saturated rings. The van der Waals surface area contributed by atoms with Crippen molar-refractivity contribution in [3.8, 4) is 0 Å². The van der Waals surface area contributed by atoms with Gasteiger partial charge in [-0.2, -0.15) is 0 Å². The van der Waals surface area contributed by atoms with Crippen molar-refractivity contribution < 1.29 is 4.74 Å². The summed E-state index contributed by atoms with van der Waals surface area (Å²) in [7, 11) is 2.23. The van der Waals surface area contributed by atoms with E-state index in [9.17, 15) is 0 Å². The summed E-state index contributed by atoms with van der Waals surface area (Å²) in [6, 6.07) is 0. The lowest BCUT2D eigenvalue weighted by Crippen LogP contribution is -2.56. The highest BCUT2D eigenvalue weighted by Gasteiger charge is 2.37. The van der Waals surface area contributed by atoms with Crippen LogP contribution in [0.15, 0.2) is 0 Å². The van der Waals surface area contributed by atoms with Crippen LogP contribution in [0.4, 0.5) is 0 Å². The quantitative estimate of drug-likeness (QED) is 0.817. The number of hydrogen-bond acceptors (Lipinski definition) is 4. The molecule has 0 aliphatic carbocycles. The van der Waals surface area contributed by atoms with Crippen molar-refractivity contribution in [2.75, 3.05) is 46.4 Å². The molecule has 2 heterocycles. The molecule has 4 nitrogen and oxygen atoms in total. The Labute approximate surface area is 118 Å². The van der Waals surface area contributed by atoms with Crippen LogP contribution in [-0.2, 0) is 4.74 Å². The van der Waals surface area contributed by atoms with Gasteiger partial charge >= 0.3 is 0 Å². The Bertz CT molecular complexity index is 268. The van der Waals surface area contributed by atoms with Gasteiger partial charge in [0.2, 0.25) is 0 Å². The van der Waals surface area contributed by atoms with Gasteiger partial charge in [0.15, 0.2) is 0 Å². The third kappa shape index (κ3) is 3.69. The summed E-state index contributed by atoms with van der Waals surface area (Å²) >= 11 is 0. The molecular formula is C15H31N3O. The molecule has 0 spiro atoms. The van der Waals surface area contributed by atoms with Crippen LogP contribution in [0.1, 0.15) is 39.0 Å². The largest absolute Gasteiger partial charge is 0.377 e. The SMILES string of the molecule is CCN(CC1CCCO1)C1(CN)CCCN(C)CC1. The van der Waals surface area contributed by atoms with Crippen LogP contribution in [-0.4, -0.2) is 67.8 Å². The minimum absolute atomic E-state index is 0.200. The molecule has 2 aliphatic rings. The molecule has 4 heteroatoms. The van der Waals surface area contributed by atoms with E-state index in [1.54, 1.807) is 0 Å². The van der Waals surface area contributed by atoms with Gasteiger partial charge in [-0.3, -0.25) is 4.90 Å². The van der Waals surface area contributed by atoms with Crippen LogP contribution in [0.25, 0.3) is 0 Å². The number of hydrogen-bond donors (Lipinski definition) is 1. The smallest absolute Gasteiger partial charge is 0.0703 e. The van der Waals surface area contributed by atoms with Crippen LogP contribution in [0.2, 0.25) is 0 Å². The highest BCUT2D eigenvalue weighted by atomic mass is 16.5. The summed E-state index contributed by atoms with van der Waals surface area (Å²) in [5.41, 5.74) is 6.40. The summed E-state index contributed by atoms with van der Waals surface area (Å²) < 4.78 is 5.83. The molecule has 2 unspecified atom stereocenters. The molecule has 0 radical (unpaired) electrons. The standard InChI is InChI=1S/C15H31N3O/c1-3-18(12-14-6-4-11-19-14)15(13-16)7-5-9-17(2)10-8-15/h14H,3-13,16H2,1-2H3. The summed E-state index contributed by atoms with van der Waals surface area (Å²) in [5, 5.41) is 0. The fourth-order valence-corrected chi connectivity index (χ4v) is 3.66. The Morgan fingerprint density at radius 3 is 2.79 bits per heavy atom. The lowest BCUT2D eigenvalue weighted by atomic mass is 9.88. The Balaban J connectivity index is 2.02. The Hall–Kier alpha value is -0.160. The molecule has 2 N–H and O–H groups in total. The van der Waals surface area contributed by atoms with Crippen molar-refractivity contribution in [2.24, 2.45) is 5.73 Å². The molecular weight excluding hydrogens is 238 g/mol. The average molecular weight is 269 g/mol. The van der Waals surface area contributed by atoms with Crippen LogP contribution in [0.5, 0.6) is 0 Å². The van der Waals surface area contributed by atoms with Gasteiger partial charge < -0.3 is 15.4 Å². The van der Waals surface area contributed by atoms with Gasteiger partial charge in [-0.05, 0) is 58.8 Å². The number of nitrogens with two attached hydrogens (primary N) is 1. The predicted octanol–water partition coefficient (Wildman–Crippen LogP) is 1.30. The van der Waals surface area contributed by atoms with Gasteiger partial charge in [0, 0.05) is 25.2 Å². The fourth-order valence-electron chi connectivity index (χ4n) is 3.66. The van der Waals surface area contributed by atoms with E-state index in [2.05, 4.69) is 23.8 Å². The van der Waals surface area contributed by atoms with Crippen molar-refractivity contribution >= 4 is 0 Å². The zero-order valence-electron chi connectivity index (χ0n) is 12.7. The molecule has 0 amide bonds. The number of ether oxygens (including phenoxy) is 1. The highest BCUT2D eigenvalue weighted by molar-refractivity contribution is 4.95. The van der Waals surface area contributed by atoms with E-state index in [0.717, 1.165) is 26.2 Å². The molecule has 19 heavy (non-hydrogen) atoms. The first-order chi connectivity index (χ1) is 9.20. The summed E-state index contributed by atoms with van der Waals surface area (Å²) in [6.45, 7) is 8.51. The van der Waals surface area contributed by atoms with Gasteiger partial charge in [-0.1, -0.05) is 6.92 Å². The molecule has 2 saturated heterocycles. The van der Waals surface area contributed by atoms with Crippen molar-refractivity contribution in [3.63, 3.8) is 0 Å². The third-order valence-electron chi connectivity index (χ3n) is 5.02. The third-order valence-corrected chi connectivity index (χ3v) is 5.02. The van der Waals surface area contributed by atoms with Crippen molar-refractivity contribution in [2.45, 2.75) is 50.7 Å². The zero-order valence-corrected chi connectivity index (χ0v) is 12.7. The minimum atomic E-state index is 0.200. The van der Waals surface area contributed by atoms with Crippen LogP contribution >= 0.6 is 0 Å². The second-order valence-electron chi connectivity index (χ2n) is 6.26. The predicted molar refractivity (Wildman–Crippen MR) is 79.4 cm³/mol. The number of likely N-dealkylation sites (tertiary alicyclic amines) is 1. The van der Waals surface area contributed by atoms with E-state index in [1.165, 1.54) is 45.2 Å². The molecule has 0 aromatic rings. The monoisotopic (exact) mass is 269 g/mol. The average Bonchev–Trinajstić information content (AvgIpc) is 2.86. The first-order valence-corrected chi connectivity index (χ1v) is 7.95. The lowest BCUT2D eigenvalue weighted by molar-refractivity contribution is 0.0174. The maximum Gasteiger partial charge on any atom is 0.0703 e. The Kier molecular flexibility index (Phi) is 5.63. The lowest BCUT2D eigenvalue weighted by Gasteiger charge is -2.43. The molecule has 0 bridgehead atoms. The zero-order chi connectivity index (χ0) is 13.7. The highest BCUT2D eigenvalue weighted by Crippen LogP contribution is 2.29. The second-order valence-corrected chi connectivity index (χ2v) is 6.26. The second kappa shape index (κ2) is 7.02. The van der Waals surface area contributed by atoms with E-state index < -0.39 is 0 Å². The summed E-state index contributed by atoms with van der Waals surface area (Å²) in [4.78, 5) is 5.06. The van der Waals surface area contributed by atoms with Crippen molar-refractivity contribution in [3.05, 3.63) is 0 Å². The fraction of sp³-hybridized carbons (Fsp3) is 1.00. The van der Waals surface area contributed by atoms with Crippen LogP contribution in [0.3, 0.4) is 0 Å². The van der Waals surface area contributed by atoms with Crippen molar-refractivity contribution in [1.82, 2.24) is 9.80 Å². The van der Waals surface area contributed by atoms with Crippen LogP contribution < -0.4 is 5.73 Å². The summed E-state index contributed by atoms with van der Waals surface area (Å²) in [6.07, 6.45) is 6.56. The molecule has 112 valence electrons. The van der Waals surface area contributed by atoms with E-state index in [1.807, 2.05) is 0 Å². The van der Waals surface area contributed by atoms with Gasteiger partial charge in [0.25, 0.3) is 0 Å². The molecule has 2 atom stereocenters. The molecule has 2 rings (SSSR count). The van der Waals surface area contributed by atoms with E-state index >= 15 is 0 Å². The molecule has 0 saturated carbocycles. The minimum Gasteiger partial charge on any atom is -0.377 e. The maximum absolute atomic E-state index is 6.20. The number of rotatable bonds is 5. The van der Waals surface area contributed by atoms with Crippen LogP contribution in [0, 0.1) is 0 Å². The van der Waals surface area contributed by atoms with Gasteiger partial charge in [-0.15, -0.1) is 0 Å². The first kappa shape index (κ1) is 15.2. The van der Waals surface area contributed by atoms with E-state index in [4.69, 9.17) is 10.5 Å². The molecule has 0 aromatic heterocycles. The van der Waals surface area contributed by atoms with Crippen molar-refractivity contribution in [1.29, 1.82) is 0 Å². The van der Waals surface area contributed by atoms with Gasteiger partial charge in [-0.25, -0.2) is 0 Å². The first-order valence-electron chi connectivity index (χ1n) is 7.95. The maximum atomic E-state index is 6.20. The molecule has 0 aromatic carbocycles.